The van der Waals surface area contributed by atoms with Gasteiger partial charge < -0.3 is 45.4 Å². The number of carbonyl (C=O) groups excluding carboxylic acids is 3. The van der Waals surface area contributed by atoms with Gasteiger partial charge in [-0.3, -0.25) is 4.79 Å². The second-order valence-corrected chi connectivity index (χ2v) is 8.87. The van der Waals surface area contributed by atoms with Crippen LogP contribution in [0.4, 0.5) is 0 Å². The van der Waals surface area contributed by atoms with E-state index >= 15 is 0 Å². The maximum atomic E-state index is 13.3. The fraction of sp³-hybridized carbons (Fsp3) is 0.207. The lowest BCUT2D eigenvalue weighted by Crippen LogP contribution is -2.49. The van der Waals surface area contributed by atoms with E-state index < -0.39 is 53.0 Å². The Hall–Kier alpha value is -5.39. The van der Waals surface area contributed by atoms with Gasteiger partial charge in [-0.05, 0) is 66.1 Å². The highest BCUT2D eigenvalue weighted by Gasteiger charge is 2.29. The Kier molecular flexibility index (Phi) is 10.0. The maximum absolute atomic E-state index is 13.3. The number of carbonyl (C=O) groups is 3. The van der Waals surface area contributed by atoms with Crippen molar-refractivity contribution in [3.63, 3.8) is 0 Å². The van der Waals surface area contributed by atoms with Gasteiger partial charge in [-0.15, -0.1) is 0 Å². The molecule has 41 heavy (non-hydrogen) atoms. The summed E-state index contributed by atoms with van der Waals surface area (Å²) in [7, 11) is 0. The molecule has 0 aliphatic rings. The first-order valence-corrected chi connectivity index (χ1v) is 12.4. The van der Waals surface area contributed by atoms with Crippen LogP contribution in [0.3, 0.4) is 0 Å². The molecule has 7 N–H and O–H groups in total. The first-order valence-electron chi connectivity index (χ1n) is 12.4. The number of phenolic OH excluding ortho intramolecular Hbond substituents is 6. The van der Waals surface area contributed by atoms with Crippen molar-refractivity contribution in [2.75, 3.05) is 6.61 Å². The van der Waals surface area contributed by atoms with Gasteiger partial charge >= 0.3 is 11.9 Å². The highest BCUT2D eigenvalue weighted by Crippen LogP contribution is 2.28. The Balaban J connectivity index is 1.84. The van der Waals surface area contributed by atoms with Gasteiger partial charge in [-0.25, -0.2) is 9.59 Å². The molecule has 12 heteroatoms. The van der Waals surface area contributed by atoms with Gasteiger partial charge in [0.25, 0.3) is 5.91 Å². The van der Waals surface area contributed by atoms with Crippen LogP contribution in [0.25, 0.3) is 6.08 Å². The predicted octanol–water partition coefficient (Wildman–Crippen LogP) is 2.38. The normalized spacial score (nSPS) is 12.4. The van der Waals surface area contributed by atoms with Crippen molar-refractivity contribution in [3.05, 3.63) is 77.4 Å². The number of ether oxygens (including phenoxy) is 2. The topological polar surface area (TPSA) is 203 Å². The smallest absolute Gasteiger partial charge is 0.331 e. The van der Waals surface area contributed by atoms with Gasteiger partial charge in [-0.1, -0.05) is 18.2 Å². The summed E-state index contributed by atoms with van der Waals surface area (Å²) in [4.78, 5) is 38.6. The largest absolute Gasteiger partial charge is 0.504 e. The van der Waals surface area contributed by atoms with Crippen molar-refractivity contribution >= 4 is 23.9 Å². The lowest BCUT2D eigenvalue weighted by atomic mass is 10.0. The van der Waals surface area contributed by atoms with Crippen LogP contribution < -0.4 is 5.32 Å². The number of benzene rings is 3. The van der Waals surface area contributed by atoms with Crippen molar-refractivity contribution in [1.29, 1.82) is 0 Å². The fourth-order valence-electron chi connectivity index (χ4n) is 3.72. The first kappa shape index (κ1) is 30.2. The maximum Gasteiger partial charge on any atom is 0.331 e. The minimum Gasteiger partial charge on any atom is -0.504 e. The van der Waals surface area contributed by atoms with Gasteiger partial charge in [0.1, 0.15) is 6.04 Å². The molecule has 0 saturated heterocycles. The second kappa shape index (κ2) is 13.6. The van der Waals surface area contributed by atoms with Crippen molar-refractivity contribution in [2.45, 2.75) is 31.9 Å². The number of amides is 1. The Morgan fingerprint density at radius 2 is 1.29 bits per heavy atom. The van der Waals surface area contributed by atoms with E-state index in [0.29, 0.717) is 16.7 Å². The Bertz CT molecular complexity index is 1450. The van der Waals surface area contributed by atoms with Crippen LogP contribution >= 0.6 is 0 Å². The average Bonchev–Trinajstić information content (AvgIpc) is 2.92. The van der Waals surface area contributed by atoms with E-state index in [-0.39, 0.29) is 30.9 Å². The van der Waals surface area contributed by atoms with Crippen LogP contribution in [0.5, 0.6) is 34.5 Å². The second-order valence-electron chi connectivity index (χ2n) is 8.87. The molecule has 2 atom stereocenters. The summed E-state index contributed by atoms with van der Waals surface area (Å²) < 4.78 is 10.4. The summed E-state index contributed by atoms with van der Waals surface area (Å²) in [5.74, 6) is -5.06. The standard InChI is InChI=1S/C29H29NO11/c1-2-40-29(39)19(11-17-4-8-21(32)24(35)13-17)30-28(38)26(15-18-5-9-22(33)25(36)14-18)41-27(37)10-6-16-3-7-20(31)23(34)12-16/h3-10,12-14,19,26,31-36H,2,11,15H2,1H3,(H,30,38)/t19?,26-/m0/s1. The van der Waals surface area contributed by atoms with E-state index in [9.17, 15) is 45.0 Å². The highest BCUT2D eigenvalue weighted by atomic mass is 16.5. The van der Waals surface area contributed by atoms with Crippen LogP contribution in [-0.2, 0) is 36.7 Å². The molecule has 0 saturated carbocycles. The number of phenols is 6. The van der Waals surface area contributed by atoms with Gasteiger partial charge in [0.05, 0.1) is 6.61 Å². The van der Waals surface area contributed by atoms with Crippen LogP contribution in [0.15, 0.2) is 60.7 Å². The lowest BCUT2D eigenvalue weighted by molar-refractivity contribution is -0.153. The molecule has 3 rings (SSSR count). The van der Waals surface area contributed by atoms with Gasteiger partial charge in [0, 0.05) is 18.9 Å². The molecule has 3 aromatic carbocycles. The van der Waals surface area contributed by atoms with Gasteiger partial charge in [0.2, 0.25) is 0 Å². The molecule has 0 aliphatic heterocycles. The molecule has 0 aromatic heterocycles. The molecule has 12 nitrogen and oxygen atoms in total. The molecule has 0 spiro atoms. The average molecular weight is 568 g/mol. The molecule has 0 heterocycles. The lowest BCUT2D eigenvalue weighted by Gasteiger charge is -2.22. The third kappa shape index (κ3) is 8.55. The molecule has 1 unspecified atom stereocenters. The molecular weight excluding hydrogens is 538 g/mol. The number of rotatable bonds is 11. The zero-order valence-corrected chi connectivity index (χ0v) is 21.9. The van der Waals surface area contributed by atoms with Crippen molar-refractivity contribution in [1.82, 2.24) is 5.32 Å². The van der Waals surface area contributed by atoms with E-state index in [1.807, 2.05) is 0 Å². The van der Waals surface area contributed by atoms with E-state index in [1.165, 1.54) is 60.7 Å². The van der Waals surface area contributed by atoms with Crippen molar-refractivity contribution < 1.29 is 54.5 Å². The van der Waals surface area contributed by atoms with E-state index in [1.54, 1.807) is 6.92 Å². The van der Waals surface area contributed by atoms with Crippen LogP contribution in [0.1, 0.15) is 23.6 Å². The van der Waals surface area contributed by atoms with Crippen LogP contribution in [0.2, 0.25) is 0 Å². The zero-order valence-electron chi connectivity index (χ0n) is 21.9. The quantitative estimate of drug-likeness (QED) is 0.102. The molecule has 0 fully saturated rings. The minimum atomic E-state index is -1.52. The van der Waals surface area contributed by atoms with E-state index in [4.69, 9.17) is 9.47 Å². The predicted molar refractivity (Wildman–Crippen MR) is 144 cm³/mol. The van der Waals surface area contributed by atoms with Gasteiger partial charge in [0.15, 0.2) is 40.6 Å². The Morgan fingerprint density at radius 1 is 0.756 bits per heavy atom. The molecule has 3 aromatic rings. The molecule has 0 bridgehead atoms. The molecule has 0 aliphatic carbocycles. The van der Waals surface area contributed by atoms with Crippen molar-refractivity contribution in [3.8, 4) is 34.5 Å². The monoisotopic (exact) mass is 567 g/mol. The highest BCUT2D eigenvalue weighted by molar-refractivity contribution is 5.92. The third-order valence-electron chi connectivity index (χ3n) is 5.79. The molecule has 0 radical (unpaired) electrons. The SMILES string of the molecule is CCOC(=O)C(Cc1ccc(O)c(O)c1)NC(=O)[C@H](Cc1ccc(O)c(O)c1)OC(=O)C=Cc1ccc(O)c(O)c1. The van der Waals surface area contributed by atoms with E-state index in [2.05, 4.69) is 5.32 Å². The fourth-order valence-corrected chi connectivity index (χ4v) is 3.72. The summed E-state index contributed by atoms with van der Waals surface area (Å²) in [6.45, 7) is 1.58. The third-order valence-corrected chi connectivity index (χ3v) is 5.79. The number of nitrogens with one attached hydrogen (secondary N) is 1. The summed E-state index contributed by atoms with van der Waals surface area (Å²) in [5.41, 5.74) is 1.05. The minimum absolute atomic E-state index is 0.00877. The number of hydrogen-bond donors (Lipinski definition) is 7. The number of esters is 2. The van der Waals surface area contributed by atoms with Gasteiger partial charge in [-0.2, -0.15) is 0 Å². The first-order chi connectivity index (χ1) is 19.5. The summed E-state index contributed by atoms with van der Waals surface area (Å²) in [5, 5.41) is 60.4. The van der Waals surface area contributed by atoms with Crippen molar-refractivity contribution in [2.24, 2.45) is 0 Å². The number of hydrogen-bond acceptors (Lipinski definition) is 11. The molecule has 1 amide bonds. The van der Waals surface area contributed by atoms with Crippen LogP contribution in [0, 0.1) is 0 Å². The zero-order chi connectivity index (χ0) is 30.1. The summed E-state index contributed by atoms with van der Waals surface area (Å²) in [6.07, 6.45) is 0.358. The Morgan fingerprint density at radius 3 is 1.83 bits per heavy atom. The number of aromatic hydroxyl groups is 6. The molecule has 216 valence electrons. The van der Waals surface area contributed by atoms with E-state index in [0.717, 1.165) is 6.08 Å². The molecular formula is C29H29NO11. The summed E-state index contributed by atoms with van der Waals surface area (Å²) >= 11 is 0. The Labute approximate surface area is 234 Å². The van der Waals surface area contributed by atoms with Crippen LogP contribution in [-0.4, -0.2) is 67.2 Å². The summed E-state index contributed by atoms with van der Waals surface area (Å²) in [6, 6.07) is 10.2.